The van der Waals surface area contributed by atoms with Crippen LogP contribution in [0.1, 0.15) is 5.56 Å². The highest BCUT2D eigenvalue weighted by Crippen LogP contribution is 2.35. The highest BCUT2D eigenvalue weighted by atomic mass is 15.3. The van der Waals surface area contributed by atoms with Gasteiger partial charge >= 0.3 is 0 Å². The van der Waals surface area contributed by atoms with Crippen LogP contribution >= 0.6 is 0 Å². The lowest BCUT2D eigenvalue weighted by atomic mass is 10.2. The molecule has 124 valence electrons. The maximum absolute atomic E-state index is 4.71. The molecule has 1 aliphatic rings. The van der Waals surface area contributed by atoms with Gasteiger partial charge in [0.1, 0.15) is 22.4 Å². The van der Waals surface area contributed by atoms with Gasteiger partial charge in [0.2, 0.25) is 5.52 Å². The summed E-state index contributed by atoms with van der Waals surface area (Å²) in [5.74, 6) is 1.14. The van der Waals surface area contributed by atoms with Crippen molar-refractivity contribution in [2.75, 3.05) is 0 Å². The van der Waals surface area contributed by atoms with E-state index in [2.05, 4.69) is 62.1 Å². The summed E-state index contributed by atoms with van der Waals surface area (Å²) in [5.41, 5.74) is 7.93. The molecule has 0 saturated carbocycles. The molecule has 0 saturated heterocycles. The molecule has 0 radical (unpaired) electrons. The molecule has 0 aliphatic carbocycles. The first-order chi connectivity index (χ1) is 12.8. The van der Waals surface area contributed by atoms with Crippen molar-refractivity contribution in [2.24, 2.45) is 7.05 Å². The molecule has 0 N–H and O–H groups in total. The van der Waals surface area contributed by atoms with Crippen molar-refractivity contribution in [1.29, 1.82) is 0 Å². The average Bonchev–Trinajstić information content (AvgIpc) is 3.31. The Morgan fingerprint density at radius 3 is 2.62 bits per heavy atom. The predicted molar refractivity (Wildman–Crippen MR) is 100 cm³/mol. The fraction of sp³-hybridized carbons (Fsp3) is 0.0952. The molecule has 26 heavy (non-hydrogen) atoms. The van der Waals surface area contributed by atoms with E-state index in [9.17, 15) is 0 Å². The van der Waals surface area contributed by atoms with Crippen LogP contribution in [0, 0.1) is 0 Å². The van der Waals surface area contributed by atoms with Crippen LogP contribution in [0.2, 0.25) is 0 Å². The van der Waals surface area contributed by atoms with Crippen molar-refractivity contribution in [3.8, 4) is 17.2 Å². The first-order valence-corrected chi connectivity index (χ1v) is 8.72. The second-order valence-electron chi connectivity index (χ2n) is 6.69. The maximum atomic E-state index is 4.71. The summed E-state index contributed by atoms with van der Waals surface area (Å²) in [6.45, 7) is 0.832. The minimum absolute atomic E-state index is 0.832. The predicted octanol–water partition coefficient (Wildman–Crippen LogP) is 3.23. The maximum Gasteiger partial charge on any atom is 0.276 e. The summed E-state index contributed by atoms with van der Waals surface area (Å²) in [5, 5.41) is 0. The Morgan fingerprint density at radius 2 is 1.73 bits per heavy atom. The van der Waals surface area contributed by atoms with Gasteiger partial charge in [-0.3, -0.25) is 4.57 Å². The van der Waals surface area contributed by atoms with Gasteiger partial charge in [0, 0.05) is 18.0 Å². The van der Waals surface area contributed by atoms with Crippen LogP contribution in [-0.2, 0) is 13.6 Å². The normalized spacial score (nSPS) is 12.7. The van der Waals surface area contributed by atoms with Gasteiger partial charge in [0.25, 0.3) is 11.5 Å². The zero-order chi connectivity index (χ0) is 17.3. The molecule has 0 atom stereocenters. The zero-order valence-electron chi connectivity index (χ0n) is 14.3. The molecule has 0 unspecified atom stereocenters. The highest BCUT2D eigenvalue weighted by Gasteiger charge is 2.36. The number of hydrogen-bond acceptors (Lipinski definition) is 2. The Balaban J connectivity index is 1.83. The first-order valence-electron chi connectivity index (χ1n) is 8.72. The van der Waals surface area contributed by atoms with Crippen LogP contribution in [0.25, 0.3) is 39.4 Å². The topological polar surface area (TPSA) is 39.5 Å². The third-order valence-electron chi connectivity index (χ3n) is 5.29. The van der Waals surface area contributed by atoms with E-state index in [-0.39, 0.29) is 0 Å². The van der Waals surface area contributed by atoms with Gasteiger partial charge in [-0.05, 0) is 30.3 Å². The van der Waals surface area contributed by atoms with E-state index in [1.807, 2.05) is 30.6 Å². The monoisotopic (exact) mass is 338 g/mol. The number of fused-ring (bicyclic) bond motifs is 7. The van der Waals surface area contributed by atoms with Crippen molar-refractivity contribution in [2.45, 2.75) is 6.54 Å². The number of aryl methyl sites for hydroxylation is 1. The number of benzene rings is 1. The van der Waals surface area contributed by atoms with Gasteiger partial charge in [-0.25, -0.2) is 19.1 Å². The van der Waals surface area contributed by atoms with Crippen molar-refractivity contribution in [1.82, 2.24) is 19.1 Å². The minimum atomic E-state index is 0.832. The van der Waals surface area contributed by atoms with Crippen LogP contribution in [-0.4, -0.2) is 19.1 Å². The van der Waals surface area contributed by atoms with E-state index < -0.39 is 0 Å². The third kappa shape index (κ3) is 1.57. The standard InChI is InChI=1S/C21H16N5/c1-24-19-18-16(10-6-12-23-18)26(15-8-3-2-4-9-15)21(19)25-13-14-7-5-11-22-17(14)20(24)25/h2-12H,13H2,1H3/q+1. The molecule has 5 nitrogen and oxygen atoms in total. The smallest absolute Gasteiger partial charge is 0.253 e. The summed E-state index contributed by atoms with van der Waals surface area (Å²) in [6, 6.07) is 18.8. The number of para-hydroxylation sites is 1. The molecular weight excluding hydrogens is 322 g/mol. The van der Waals surface area contributed by atoms with E-state index in [0.29, 0.717) is 0 Å². The van der Waals surface area contributed by atoms with Gasteiger partial charge < -0.3 is 0 Å². The Hall–Kier alpha value is -3.47. The molecule has 0 bridgehead atoms. The second kappa shape index (κ2) is 4.79. The largest absolute Gasteiger partial charge is 0.276 e. The quantitative estimate of drug-likeness (QED) is 0.432. The number of rotatable bonds is 1. The SMILES string of the molecule is Cn1c2[n+](c3c1c1ncccc1n3-c1ccccc1)Cc1cccnc1-2. The van der Waals surface area contributed by atoms with Gasteiger partial charge in [0.15, 0.2) is 0 Å². The zero-order valence-corrected chi connectivity index (χ0v) is 14.3. The molecule has 5 heteroatoms. The number of pyridine rings is 2. The van der Waals surface area contributed by atoms with E-state index in [1.54, 1.807) is 0 Å². The molecule has 5 heterocycles. The summed E-state index contributed by atoms with van der Waals surface area (Å²) in [7, 11) is 2.11. The molecule has 1 aliphatic heterocycles. The third-order valence-corrected chi connectivity index (χ3v) is 5.29. The van der Waals surface area contributed by atoms with Crippen molar-refractivity contribution in [3.63, 3.8) is 0 Å². The lowest BCUT2D eigenvalue weighted by Gasteiger charge is -2.02. The summed E-state index contributed by atoms with van der Waals surface area (Å²) < 4.78 is 6.91. The lowest BCUT2D eigenvalue weighted by Crippen LogP contribution is -2.33. The molecule has 6 rings (SSSR count). The Kier molecular flexibility index (Phi) is 2.54. The van der Waals surface area contributed by atoms with Gasteiger partial charge in [-0.1, -0.05) is 24.3 Å². The van der Waals surface area contributed by atoms with Crippen molar-refractivity contribution in [3.05, 3.63) is 72.6 Å². The molecule has 5 aromatic rings. The van der Waals surface area contributed by atoms with Crippen LogP contribution in [0.4, 0.5) is 0 Å². The fourth-order valence-corrected chi connectivity index (χ4v) is 4.24. The van der Waals surface area contributed by atoms with Gasteiger partial charge in [0.05, 0.1) is 13.6 Å². The molecule has 1 aromatic carbocycles. The Bertz CT molecular complexity index is 1310. The summed E-state index contributed by atoms with van der Waals surface area (Å²) in [6.07, 6.45) is 3.74. The lowest BCUT2D eigenvalue weighted by molar-refractivity contribution is -0.648. The highest BCUT2D eigenvalue weighted by molar-refractivity contribution is 6.03. The van der Waals surface area contributed by atoms with Crippen LogP contribution in [0.15, 0.2) is 67.0 Å². The Morgan fingerprint density at radius 1 is 0.923 bits per heavy atom. The molecule has 0 fully saturated rings. The van der Waals surface area contributed by atoms with Crippen LogP contribution < -0.4 is 4.57 Å². The van der Waals surface area contributed by atoms with E-state index in [0.717, 1.165) is 40.3 Å². The summed E-state index contributed by atoms with van der Waals surface area (Å²) in [4.78, 5) is 9.36. The molecule has 0 spiro atoms. The van der Waals surface area contributed by atoms with E-state index >= 15 is 0 Å². The van der Waals surface area contributed by atoms with Crippen LogP contribution in [0.3, 0.4) is 0 Å². The number of imidazole rings is 1. The first kappa shape index (κ1) is 13.8. The molecule has 0 amide bonds. The minimum Gasteiger partial charge on any atom is -0.253 e. The van der Waals surface area contributed by atoms with Gasteiger partial charge in [-0.2, -0.15) is 0 Å². The van der Waals surface area contributed by atoms with Crippen molar-refractivity contribution < 1.29 is 4.57 Å². The number of aromatic nitrogens is 5. The van der Waals surface area contributed by atoms with E-state index in [4.69, 9.17) is 4.98 Å². The second-order valence-corrected chi connectivity index (χ2v) is 6.69. The molecular formula is C21H16N5+. The molecule has 4 aromatic heterocycles. The number of nitrogens with zero attached hydrogens (tertiary/aromatic N) is 5. The van der Waals surface area contributed by atoms with Crippen LogP contribution in [0.5, 0.6) is 0 Å². The van der Waals surface area contributed by atoms with E-state index in [1.165, 1.54) is 11.2 Å². The Labute approximate surface area is 149 Å². The summed E-state index contributed by atoms with van der Waals surface area (Å²) >= 11 is 0. The van der Waals surface area contributed by atoms with Gasteiger partial charge in [-0.15, -0.1) is 0 Å². The average molecular weight is 338 g/mol. The fourth-order valence-electron chi connectivity index (χ4n) is 4.24. The van der Waals surface area contributed by atoms with Crippen molar-refractivity contribution >= 4 is 22.2 Å². The number of hydrogen-bond donors (Lipinski definition) is 0.